The number of nitrogens with two attached hydrogens (primary N) is 1. The fraction of sp³-hybridized carbons (Fsp3) is 0.200. The highest BCUT2D eigenvalue weighted by Crippen LogP contribution is 2.31. The molecule has 4 nitrogen and oxygen atoms in total. The highest BCUT2D eigenvalue weighted by molar-refractivity contribution is 9.10. The van der Waals surface area contributed by atoms with Crippen molar-refractivity contribution in [2.45, 2.75) is 19.3 Å². The van der Waals surface area contributed by atoms with E-state index >= 15 is 0 Å². The SMILES string of the molecule is NC(=O)c1cc2c(nc1Oc1cc(Br)ccc1F)CCC2. The van der Waals surface area contributed by atoms with Crippen LogP contribution in [0.1, 0.15) is 28.0 Å². The second-order valence-corrected chi connectivity index (χ2v) is 5.76. The topological polar surface area (TPSA) is 65.2 Å². The first-order valence-electron chi connectivity index (χ1n) is 6.50. The van der Waals surface area contributed by atoms with Crippen LogP contribution in [0.2, 0.25) is 0 Å². The summed E-state index contributed by atoms with van der Waals surface area (Å²) in [4.78, 5) is 15.9. The Morgan fingerprint density at radius 3 is 2.90 bits per heavy atom. The van der Waals surface area contributed by atoms with Gasteiger partial charge in [0.25, 0.3) is 5.91 Å². The third-order valence-electron chi connectivity index (χ3n) is 3.38. The fourth-order valence-electron chi connectivity index (χ4n) is 2.37. The molecule has 1 amide bonds. The molecule has 0 fully saturated rings. The lowest BCUT2D eigenvalue weighted by atomic mass is 10.1. The summed E-state index contributed by atoms with van der Waals surface area (Å²) in [6, 6.07) is 6.02. The number of primary amides is 1. The number of carbonyl (C=O) groups excluding carboxylic acids is 1. The van der Waals surface area contributed by atoms with Crippen molar-refractivity contribution in [3.63, 3.8) is 0 Å². The molecule has 1 heterocycles. The molecule has 108 valence electrons. The van der Waals surface area contributed by atoms with E-state index in [1.165, 1.54) is 12.1 Å². The van der Waals surface area contributed by atoms with Gasteiger partial charge in [-0.15, -0.1) is 0 Å². The van der Waals surface area contributed by atoms with Crippen LogP contribution in [-0.2, 0) is 12.8 Å². The van der Waals surface area contributed by atoms with E-state index in [2.05, 4.69) is 20.9 Å². The maximum Gasteiger partial charge on any atom is 0.254 e. The van der Waals surface area contributed by atoms with E-state index in [4.69, 9.17) is 10.5 Å². The maximum absolute atomic E-state index is 13.8. The molecule has 6 heteroatoms. The molecule has 0 saturated carbocycles. The molecule has 1 aromatic heterocycles. The van der Waals surface area contributed by atoms with Gasteiger partial charge in [-0.2, -0.15) is 0 Å². The van der Waals surface area contributed by atoms with Gasteiger partial charge in [0.1, 0.15) is 5.56 Å². The van der Waals surface area contributed by atoms with Crippen LogP contribution in [0.15, 0.2) is 28.7 Å². The molecule has 0 saturated heterocycles. The second kappa shape index (κ2) is 5.44. The van der Waals surface area contributed by atoms with E-state index in [0.29, 0.717) is 4.47 Å². The number of aromatic nitrogens is 1. The van der Waals surface area contributed by atoms with Crippen molar-refractivity contribution < 1.29 is 13.9 Å². The predicted octanol–water partition coefficient (Wildman–Crippen LogP) is 3.36. The minimum absolute atomic E-state index is 0.00248. The monoisotopic (exact) mass is 350 g/mol. The summed E-state index contributed by atoms with van der Waals surface area (Å²) in [5.41, 5.74) is 7.43. The average Bonchev–Trinajstić information content (AvgIpc) is 2.89. The Bertz CT molecular complexity index is 734. The van der Waals surface area contributed by atoms with E-state index in [0.717, 1.165) is 30.5 Å². The molecule has 0 radical (unpaired) electrons. The Labute approximate surface area is 129 Å². The van der Waals surface area contributed by atoms with E-state index in [9.17, 15) is 9.18 Å². The first kappa shape index (κ1) is 14.0. The lowest BCUT2D eigenvalue weighted by molar-refractivity contribution is 0.0997. The van der Waals surface area contributed by atoms with Gasteiger partial charge in [-0.25, -0.2) is 9.37 Å². The predicted molar refractivity (Wildman–Crippen MR) is 79.0 cm³/mol. The van der Waals surface area contributed by atoms with Gasteiger partial charge in [0.05, 0.1) is 0 Å². The van der Waals surface area contributed by atoms with Crippen LogP contribution in [0.5, 0.6) is 11.6 Å². The van der Waals surface area contributed by atoms with E-state index in [1.807, 2.05) is 0 Å². The van der Waals surface area contributed by atoms with Crippen LogP contribution in [0, 0.1) is 5.82 Å². The number of hydrogen-bond donors (Lipinski definition) is 1. The highest BCUT2D eigenvalue weighted by atomic mass is 79.9. The van der Waals surface area contributed by atoms with Gasteiger partial charge in [0.2, 0.25) is 5.88 Å². The van der Waals surface area contributed by atoms with Crippen molar-refractivity contribution in [1.82, 2.24) is 4.98 Å². The van der Waals surface area contributed by atoms with E-state index in [1.54, 1.807) is 12.1 Å². The zero-order chi connectivity index (χ0) is 15.0. The number of ether oxygens (including phenoxy) is 1. The number of nitrogens with zero attached hydrogens (tertiary/aromatic N) is 1. The Morgan fingerprint density at radius 2 is 2.14 bits per heavy atom. The summed E-state index contributed by atoms with van der Waals surface area (Å²) in [6.07, 6.45) is 2.68. The second-order valence-electron chi connectivity index (χ2n) is 4.84. The van der Waals surface area contributed by atoms with Crippen LogP contribution >= 0.6 is 15.9 Å². The summed E-state index contributed by atoms with van der Waals surface area (Å²) < 4.78 is 19.9. The van der Waals surface area contributed by atoms with Gasteiger partial charge >= 0.3 is 0 Å². The zero-order valence-electron chi connectivity index (χ0n) is 11.0. The number of aryl methyl sites for hydroxylation is 2. The van der Waals surface area contributed by atoms with Crippen LogP contribution in [0.3, 0.4) is 0 Å². The minimum atomic E-state index is -0.636. The quantitative estimate of drug-likeness (QED) is 0.922. The van der Waals surface area contributed by atoms with Crippen molar-refractivity contribution in [3.8, 4) is 11.6 Å². The van der Waals surface area contributed by atoms with Crippen LogP contribution in [-0.4, -0.2) is 10.9 Å². The van der Waals surface area contributed by atoms with Crippen LogP contribution in [0.25, 0.3) is 0 Å². The summed E-state index contributed by atoms with van der Waals surface area (Å²) >= 11 is 3.25. The summed E-state index contributed by atoms with van der Waals surface area (Å²) in [5.74, 6) is -1.11. The van der Waals surface area contributed by atoms with Crippen LogP contribution < -0.4 is 10.5 Å². The van der Waals surface area contributed by atoms with Crippen molar-refractivity contribution in [2.75, 3.05) is 0 Å². The molecule has 21 heavy (non-hydrogen) atoms. The summed E-state index contributed by atoms with van der Waals surface area (Å²) in [6.45, 7) is 0. The number of rotatable bonds is 3. The van der Waals surface area contributed by atoms with Gasteiger partial charge in [-0.05, 0) is 49.1 Å². The zero-order valence-corrected chi connectivity index (χ0v) is 12.6. The highest BCUT2D eigenvalue weighted by Gasteiger charge is 2.21. The number of benzene rings is 1. The normalized spacial score (nSPS) is 13.0. The number of amides is 1. The molecule has 0 atom stereocenters. The smallest absolute Gasteiger partial charge is 0.254 e. The molecule has 1 aliphatic carbocycles. The molecule has 0 aliphatic heterocycles. The standard InChI is InChI=1S/C15H12BrFN2O2/c16-9-4-5-11(17)13(7-9)21-15-10(14(18)20)6-8-2-1-3-12(8)19-15/h4-7H,1-3H2,(H2,18,20). The Hall–Kier alpha value is -1.95. The van der Waals surface area contributed by atoms with Crippen molar-refractivity contribution in [3.05, 3.63) is 51.4 Å². The lowest BCUT2D eigenvalue weighted by Crippen LogP contribution is -2.14. The largest absolute Gasteiger partial charge is 0.435 e. The number of carbonyl (C=O) groups is 1. The van der Waals surface area contributed by atoms with Crippen molar-refractivity contribution in [1.29, 1.82) is 0 Å². The van der Waals surface area contributed by atoms with Crippen LogP contribution in [0.4, 0.5) is 4.39 Å². The fourth-order valence-corrected chi connectivity index (χ4v) is 2.71. The van der Waals surface area contributed by atoms with Gasteiger partial charge in [-0.1, -0.05) is 15.9 Å². The Balaban J connectivity index is 2.05. The molecule has 0 spiro atoms. The molecule has 0 unspecified atom stereocenters. The molecule has 0 bridgehead atoms. The van der Waals surface area contributed by atoms with E-state index in [-0.39, 0.29) is 17.2 Å². The van der Waals surface area contributed by atoms with Gasteiger partial charge in [0, 0.05) is 10.2 Å². The summed E-state index contributed by atoms with van der Waals surface area (Å²) in [5, 5.41) is 0. The molecule has 3 rings (SSSR count). The number of halogens is 2. The minimum Gasteiger partial charge on any atom is -0.435 e. The molecule has 1 aromatic carbocycles. The molecule has 2 N–H and O–H groups in total. The maximum atomic E-state index is 13.8. The first-order chi connectivity index (χ1) is 10.0. The molecule has 2 aromatic rings. The number of fused-ring (bicyclic) bond motifs is 1. The number of hydrogen-bond acceptors (Lipinski definition) is 3. The van der Waals surface area contributed by atoms with Crippen molar-refractivity contribution >= 4 is 21.8 Å². The Kier molecular flexibility index (Phi) is 3.63. The Morgan fingerprint density at radius 1 is 1.33 bits per heavy atom. The van der Waals surface area contributed by atoms with Gasteiger partial charge in [0.15, 0.2) is 11.6 Å². The van der Waals surface area contributed by atoms with Crippen molar-refractivity contribution in [2.24, 2.45) is 5.73 Å². The average molecular weight is 351 g/mol. The van der Waals surface area contributed by atoms with Gasteiger partial charge in [-0.3, -0.25) is 4.79 Å². The van der Waals surface area contributed by atoms with Gasteiger partial charge < -0.3 is 10.5 Å². The molecular weight excluding hydrogens is 339 g/mol. The first-order valence-corrected chi connectivity index (χ1v) is 7.29. The molecular formula is C15H12BrFN2O2. The third-order valence-corrected chi connectivity index (χ3v) is 3.87. The molecule has 1 aliphatic rings. The number of pyridine rings is 1. The van der Waals surface area contributed by atoms with E-state index < -0.39 is 11.7 Å². The summed E-state index contributed by atoms with van der Waals surface area (Å²) in [7, 11) is 0. The third kappa shape index (κ3) is 2.76. The lowest BCUT2D eigenvalue weighted by Gasteiger charge is -2.11.